The highest BCUT2D eigenvalue weighted by atomic mass is 32.2. The van der Waals surface area contributed by atoms with Gasteiger partial charge in [-0.15, -0.1) is 4.40 Å². The molecule has 2 heterocycles. The standard InChI is InChI=1S/C21H21F2N3O3S/c1-13(16-9-8-15(22)11-18(16)23)24-21(27)14-5-4-10-26(12-14)20-17-6-2-3-7-19(17)30(28,29)25-20/h2-3,6-9,11,13-14H,4-5,10,12H2,1H3,(H,24,27)/t13-,14-/m0/s1. The van der Waals surface area contributed by atoms with Gasteiger partial charge < -0.3 is 10.2 Å². The lowest BCUT2D eigenvalue weighted by molar-refractivity contribution is -0.126. The molecule has 2 aliphatic heterocycles. The molecule has 0 spiro atoms. The van der Waals surface area contributed by atoms with E-state index in [1.807, 2.05) is 4.90 Å². The Morgan fingerprint density at radius 2 is 2.00 bits per heavy atom. The lowest BCUT2D eigenvalue weighted by atomic mass is 9.95. The van der Waals surface area contributed by atoms with Crippen LogP contribution in [0.4, 0.5) is 8.78 Å². The van der Waals surface area contributed by atoms with Gasteiger partial charge in [0.05, 0.1) is 12.0 Å². The van der Waals surface area contributed by atoms with Crippen molar-refractivity contribution >= 4 is 21.8 Å². The summed E-state index contributed by atoms with van der Waals surface area (Å²) >= 11 is 0. The Labute approximate surface area is 173 Å². The van der Waals surface area contributed by atoms with Crippen LogP contribution >= 0.6 is 0 Å². The van der Waals surface area contributed by atoms with E-state index in [-0.39, 0.29) is 16.4 Å². The van der Waals surface area contributed by atoms with E-state index in [4.69, 9.17) is 0 Å². The van der Waals surface area contributed by atoms with Crippen LogP contribution in [0.15, 0.2) is 51.8 Å². The number of amides is 1. The van der Waals surface area contributed by atoms with Crippen molar-refractivity contribution in [1.29, 1.82) is 0 Å². The summed E-state index contributed by atoms with van der Waals surface area (Å²) in [4.78, 5) is 14.8. The number of halogens is 2. The number of hydrogen-bond acceptors (Lipinski definition) is 4. The molecule has 2 aromatic carbocycles. The predicted molar refractivity (Wildman–Crippen MR) is 107 cm³/mol. The molecule has 1 saturated heterocycles. The van der Waals surface area contributed by atoms with E-state index in [0.717, 1.165) is 12.1 Å². The van der Waals surface area contributed by atoms with Gasteiger partial charge in [0.2, 0.25) is 5.91 Å². The monoisotopic (exact) mass is 433 g/mol. The molecule has 1 amide bonds. The van der Waals surface area contributed by atoms with Crippen molar-refractivity contribution in [2.24, 2.45) is 10.3 Å². The van der Waals surface area contributed by atoms with E-state index >= 15 is 0 Å². The van der Waals surface area contributed by atoms with Gasteiger partial charge in [-0.3, -0.25) is 4.79 Å². The number of fused-ring (bicyclic) bond motifs is 1. The van der Waals surface area contributed by atoms with Gasteiger partial charge in [-0.05, 0) is 38.0 Å². The molecular formula is C21H21F2N3O3S. The first kappa shape index (κ1) is 20.5. The Kier molecular flexibility index (Phi) is 5.31. The predicted octanol–water partition coefficient (Wildman–Crippen LogP) is 3.00. The molecular weight excluding hydrogens is 412 g/mol. The average Bonchev–Trinajstić information content (AvgIpc) is 2.99. The van der Waals surface area contributed by atoms with Crippen molar-refractivity contribution in [3.8, 4) is 0 Å². The van der Waals surface area contributed by atoms with Crippen LogP contribution in [0.5, 0.6) is 0 Å². The summed E-state index contributed by atoms with van der Waals surface area (Å²) in [6.45, 7) is 2.54. The summed E-state index contributed by atoms with van der Waals surface area (Å²) in [5, 5.41) is 2.79. The number of sulfonamides is 1. The van der Waals surface area contributed by atoms with Gasteiger partial charge in [0.1, 0.15) is 16.5 Å². The first-order chi connectivity index (χ1) is 14.3. The normalized spacial score (nSPS) is 21.0. The van der Waals surface area contributed by atoms with Gasteiger partial charge in [-0.1, -0.05) is 18.2 Å². The maximum Gasteiger partial charge on any atom is 0.285 e. The number of carbonyl (C=O) groups is 1. The van der Waals surface area contributed by atoms with Crippen molar-refractivity contribution in [3.63, 3.8) is 0 Å². The number of benzene rings is 2. The molecule has 1 N–H and O–H groups in total. The van der Waals surface area contributed by atoms with Crippen LogP contribution in [0.3, 0.4) is 0 Å². The molecule has 1 fully saturated rings. The second-order valence-electron chi connectivity index (χ2n) is 7.57. The molecule has 30 heavy (non-hydrogen) atoms. The summed E-state index contributed by atoms with van der Waals surface area (Å²) < 4.78 is 55.7. The quantitative estimate of drug-likeness (QED) is 0.807. The number of likely N-dealkylation sites (tertiary alicyclic amines) is 1. The van der Waals surface area contributed by atoms with Crippen molar-refractivity contribution in [2.75, 3.05) is 13.1 Å². The minimum Gasteiger partial charge on any atom is -0.355 e. The van der Waals surface area contributed by atoms with Crippen molar-refractivity contribution in [3.05, 3.63) is 65.2 Å². The molecule has 0 aliphatic carbocycles. The maximum atomic E-state index is 14.0. The molecule has 2 atom stereocenters. The smallest absolute Gasteiger partial charge is 0.285 e. The fourth-order valence-electron chi connectivity index (χ4n) is 3.96. The van der Waals surface area contributed by atoms with E-state index in [2.05, 4.69) is 9.71 Å². The van der Waals surface area contributed by atoms with Gasteiger partial charge >= 0.3 is 0 Å². The second-order valence-corrected chi connectivity index (χ2v) is 9.14. The number of rotatable bonds is 3. The van der Waals surface area contributed by atoms with Crippen molar-refractivity contribution in [1.82, 2.24) is 10.2 Å². The third kappa shape index (κ3) is 3.81. The third-order valence-corrected chi connectivity index (χ3v) is 6.82. The third-order valence-electron chi connectivity index (χ3n) is 5.49. The van der Waals surface area contributed by atoms with Crippen LogP contribution in [-0.4, -0.2) is 38.2 Å². The van der Waals surface area contributed by atoms with Crippen LogP contribution in [0.1, 0.15) is 36.9 Å². The van der Waals surface area contributed by atoms with Crippen LogP contribution in [0, 0.1) is 17.6 Å². The highest BCUT2D eigenvalue weighted by molar-refractivity contribution is 7.90. The molecule has 0 bridgehead atoms. The highest BCUT2D eigenvalue weighted by Crippen LogP contribution is 2.30. The number of nitrogens with one attached hydrogen (secondary N) is 1. The maximum absolute atomic E-state index is 14.0. The van der Waals surface area contributed by atoms with Gasteiger partial charge in [0.25, 0.3) is 10.0 Å². The molecule has 4 rings (SSSR count). The lowest BCUT2D eigenvalue weighted by Crippen LogP contribution is -2.46. The van der Waals surface area contributed by atoms with Crippen molar-refractivity contribution < 1.29 is 22.0 Å². The van der Waals surface area contributed by atoms with E-state index < -0.39 is 33.6 Å². The zero-order valence-corrected chi connectivity index (χ0v) is 17.1. The van der Waals surface area contributed by atoms with Crippen LogP contribution < -0.4 is 5.32 Å². The van der Waals surface area contributed by atoms with Crippen molar-refractivity contribution in [2.45, 2.75) is 30.7 Å². The highest BCUT2D eigenvalue weighted by Gasteiger charge is 2.35. The first-order valence-corrected chi connectivity index (χ1v) is 11.1. The molecule has 2 aliphatic rings. The molecule has 0 saturated carbocycles. The number of amidine groups is 1. The number of nitrogens with zero attached hydrogens (tertiary/aromatic N) is 2. The zero-order chi connectivity index (χ0) is 21.5. The number of hydrogen-bond donors (Lipinski definition) is 1. The van der Waals surface area contributed by atoms with Crippen LogP contribution in [-0.2, 0) is 14.8 Å². The molecule has 9 heteroatoms. The fourth-order valence-corrected chi connectivity index (χ4v) is 5.19. The van der Waals surface area contributed by atoms with E-state index in [9.17, 15) is 22.0 Å². The Morgan fingerprint density at radius 1 is 1.23 bits per heavy atom. The average molecular weight is 433 g/mol. The number of carbonyl (C=O) groups excluding carboxylic acids is 1. The van der Waals surface area contributed by atoms with Gasteiger partial charge in [-0.25, -0.2) is 8.78 Å². The molecule has 0 aromatic heterocycles. The summed E-state index contributed by atoms with van der Waals surface area (Å²) in [5.74, 6) is -1.69. The lowest BCUT2D eigenvalue weighted by Gasteiger charge is -2.34. The van der Waals surface area contributed by atoms with Gasteiger partial charge in [0.15, 0.2) is 5.84 Å². The molecule has 158 valence electrons. The van der Waals surface area contributed by atoms with E-state index in [0.29, 0.717) is 37.3 Å². The van der Waals surface area contributed by atoms with Gasteiger partial charge in [0, 0.05) is 30.3 Å². The summed E-state index contributed by atoms with van der Waals surface area (Å²) in [6.07, 6.45) is 1.32. The molecule has 2 aromatic rings. The fraction of sp³-hybridized carbons (Fsp3) is 0.333. The summed E-state index contributed by atoms with van der Waals surface area (Å²) in [6, 6.07) is 9.27. The minimum atomic E-state index is -3.73. The Hall–Kier alpha value is -2.81. The van der Waals surface area contributed by atoms with E-state index in [1.165, 1.54) is 12.1 Å². The minimum absolute atomic E-state index is 0.173. The zero-order valence-electron chi connectivity index (χ0n) is 16.3. The Balaban J connectivity index is 1.49. The molecule has 0 unspecified atom stereocenters. The van der Waals surface area contributed by atoms with Crippen LogP contribution in [0.2, 0.25) is 0 Å². The topological polar surface area (TPSA) is 78.8 Å². The molecule has 0 radical (unpaired) electrons. The molecule has 6 nitrogen and oxygen atoms in total. The second kappa shape index (κ2) is 7.79. The summed E-state index contributed by atoms with van der Waals surface area (Å²) in [5.41, 5.74) is 0.748. The SMILES string of the molecule is C[C@H](NC(=O)[C@H]1CCCN(C2=NS(=O)(=O)c3ccccc32)C1)c1ccc(F)cc1F. The largest absolute Gasteiger partial charge is 0.355 e. The Bertz CT molecular complexity index is 1130. The van der Waals surface area contributed by atoms with Crippen LogP contribution in [0.25, 0.3) is 0 Å². The first-order valence-electron chi connectivity index (χ1n) is 9.71. The Morgan fingerprint density at radius 3 is 2.77 bits per heavy atom. The summed E-state index contributed by atoms with van der Waals surface area (Å²) in [7, 11) is -3.73. The van der Waals surface area contributed by atoms with E-state index in [1.54, 1.807) is 25.1 Å². The van der Waals surface area contributed by atoms with Gasteiger partial charge in [-0.2, -0.15) is 8.42 Å². The number of piperidine rings is 1.